The smallest absolute Gasteiger partial charge is 0.313 e. The Labute approximate surface area is 103 Å². The van der Waals surface area contributed by atoms with Gasteiger partial charge in [-0.1, -0.05) is 32.4 Å². The molecule has 0 aromatic heterocycles. The summed E-state index contributed by atoms with van der Waals surface area (Å²) in [4.78, 5) is 12.4. The van der Waals surface area contributed by atoms with Crippen molar-refractivity contribution in [1.29, 1.82) is 0 Å². The molecule has 2 aliphatic carbocycles. The molecule has 6 atom stereocenters. The van der Waals surface area contributed by atoms with Gasteiger partial charge in [0.2, 0.25) is 0 Å². The fourth-order valence-corrected chi connectivity index (χ4v) is 4.50. The molecular weight excluding hydrogens is 212 g/mol. The molecule has 0 spiro atoms. The number of hydrogen-bond donors (Lipinski definition) is 0. The number of cyclic esters (lactones) is 1. The highest BCUT2D eigenvalue weighted by atomic mass is 16.6. The van der Waals surface area contributed by atoms with Crippen LogP contribution in [0.5, 0.6) is 0 Å². The summed E-state index contributed by atoms with van der Waals surface area (Å²) in [5.41, 5.74) is -0.172. The van der Waals surface area contributed by atoms with E-state index < -0.39 is 0 Å². The number of carbonyl (C=O) groups is 1. The summed E-state index contributed by atoms with van der Waals surface area (Å²) >= 11 is 0. The second kappa shape index (κ2) is 3.60. The molecule has 0 amide bonds. The SMILES string of the molecule is CC[C@H](C)C[C@]12C(=O)O[C@@H](C)[C@H]1[C@H]1C=C[C@@H]2C1. The van der Waals surface area contributed by atoms with Crippen LogP contribution in [0.1, 0.15) is 40.0 Å². The summed E-state index contributed by atoms with van der Waals surface area (Å²) in [7, 11) is 0. The van der Waals surface area contributed by atoms with Crippen molar-refractivity contribution < 1.29 is 9.53 Å². The van der Waals surface area contributed by atoms with Crippen LogP contribution in [0.15, 0.2) is 12.2 Å². The highest BCUT2D eigenvalue weighted by Crippen LogP contribution is 2.64. The van der Waals surface area contributed by atoms with Crippen molar-refractivity contribution in [2.24, 2.45) is 29.1 Å². The molecule has 0 N–H and O–H groups in total. The molecule has 1 aliphatic heterocycles. The van der Waals surface area contributed by atoms with Crippen LogP contribution >= 0.6 is 0 Å². The van der Waals surface area contributed by atoms with Crippen LogP contribution in [0.3, 0.4) is 0 Å². The second-order valence-corrected chi connectivity index (χ2v) is 6.29. The molecule has 0 unspecified atom stereocenters. The van der Waals surface area contributed by atoms with E-state index in [0.717, 1.165) is 12.8 Å². The average molecular weight is 234 g/mol. The summed E-state index contributed by atoms with van der Waals surface area (Å²) in [6.45, 7) is 6.55. The lowest BCUT2D eigenvalue weighted by Gasteiger charge is -2.35. The third-order valence-corrected chi connectivity index (χ3v) is 5.40. The van der Waals surface area contributed by atoms with Crippen molar-refractivity contribution >= 4 is 5.97 Å². The van der Waals surface area contributed by atoms with Gasteiger partial charge in [-0.15, -0.1) is 0 Å². The van der Waals surface area contributed by atoms with Crippen molar-refractivity contribution in [2.75, 3.05) is 0 Å². The van der Waals surface area contributed by atoms with Gasteiger partial charge in [-0.2, -0.15) is 0 Å². The standard InChI is InChI=1S/C15H22O2/c1-4-9(2)8-15-12-6-5-11(7-12)13(15)10(3)17-14(15)16/h5-6,9-13H,4,7-8H2,1-3H3/t9-,10-,11-,12+,13-,15+/m0/s1. The van der Waals surface area contributed by atoms with Gasteiger partial charge in [0.05, 0.1) is 5.41 Å². The van der Waals surface area contributed by atoms with Crippen molar-refractivity contribution in [3.05, 3.63) is 12.2 Å². The third kappa shape index (κ3) is 1.30. The molecule has 2 bridgehead atoms. The zero-order chi connectivity index (χ0) is 12.2. The van der Waals surface area contributed by atoms with E-state index in [-0.39, 0.29) is 17.5 Å². The van der Waals surface area contributed by atoms with E-state index in [1.54, 1.807) is 0 Å². The summed E-state index contributed by atoms with van der Waals surface area (Å²) < 4.78 is 5.58. The first-order chi connectivity index (χ1) is 8.09. The van der Waals surface area contributed by atoms with Gasteiger partial charge in [-0.3, -0.25) is 4.79 Å². The molecule has 0 radical (unpaired) electrons. The number of carbonyl (C=O) groups excluding carboxylic acids is 1. The Kier molecular flexibility index (Phi) is 2.39. The van der Waals surface area contributed by atoms with Gasteiger partial charge >= 0.3 is 5.97 Å². The fourth-order valence-electron chi connectivity index (χ4n) is 4.50. The van der Waals surface area contributed by atoms with Crippen molar-refractivity contribution in [2.45, 2.75) is 46.1 Å². The van der Waals surface area contributed by atoms with Crippen LogP contribution in [0.4, 0.5) is 0 Å². The molecule has 1 saturated heterocycles. The Bertz CT molecular complexity index is 373. The molecule has 3 rings (SSSR count). The predicted octanol–water partition coefficient (Wildman–Crippen LogP) is 3.18. The lowest BCUT2D eigenvalue weighted by molar-refractivity contribution is -0.150. The lowest BCUT2D eigenvalue weighted by atomic mass is 9.64. The van der Waals surface area contributed by atoms with Crippen LogP contribution in [0.2, 0.25) is 0 Å². The summed E-state index contributed by atoms with van der Waals surface area (Å²) in [6.07, 6.45) is 8.07. The van der Waals surface area contributed by atoms with Gasteiger partial charge in [0.15, 0.2) is 0 Å². The zero-order valence-electron chi connectivity index (χ0n) is 11.0. The Hall–Kier alpha value is -0.790. The van der Waals surface area contributed by atoms with Gasteiger partial charge < -0.3 is 4.74 Å². The van der Waals surface area contributed by atoms with Crippen molar-refractivity contribution in [3.63, 3.8) is 0 Å². The zero-order valence-corrected chi connectivity index (χ0v) is 11.0. The number of fused-ring (bicyclic) bond motifs is 5. The number of ether oxygens (including phenoxy) is 1. The van der Waals surface area contributed by atoms with E-state index in [2.05, 4.69) is 32.9 Å². The van der Waals surface area contributed by atoms with E-state index in [4.69, 9.17) is 4.74 Å². The molecular formula is C15H22O2. The molecule has 1 heterocycles. The van der Waals surface area contributed by atoms with Gasteiger partial charge in [0.1, 0.15) is 6.10 Å². The largest absolute Gasteiger partial charge is 0.462 e. The monoisotopic (exact) mass is 234 g/mol. The molecule has 94 valence electrons. The predicted molar refractivity (Wildman–Crippen MR) is 66.3 cm³/mol. The topological polar surface area (TPSA) is 26.3 Å². The summed E-state index contributed by atoms with van der Waals surface area (Å²) in [5, 5.41) is 0. The maximum Gasteiger partial charge on any atom is 0.313 e. The molecule has 2 fully saturated rings. The third-order valence-electron chi connectivity index (χ3n) is 5.40. The number of allylic oxidation sites excluding steroid dienone is 2. The van der Waals surface area contributed by atoms with Crippen LogP contribution in [0.25, 0.3) is 0 Å². The molecule has 0 aromatic rings. The number of rotatable bonds is 3. The van der Waals surface area contributed by atoms with E-state index in [0.29, 0.717) is 23.7 Å². The molecule has 17 heavy (non-hydrogen) atoms. The maximum absolute atomic E-state index is 12.4. The Balaban J connectivity index is 1.98. The average Bonchev–Trinajstić information content (AvgIpc) is 2.92. The van der Waals surface area contributed by atoms with Crippen molar-refractivity contribution in [1.82, 2.24) is 0 Å². The van der Waals surface area contributed by atoms with Crippen LogP contribution in [0, 0.1) is 29.1 Å². The van der Waals surface area contributed by atoms with Crippen LogP contribution in [-0.2, 0) is 9.53 Å². The highest BCUT2D eigenvalue weighted by molar-refractivity contribution is 5.81. The second-order valence-electron chi connectivity index (χ2n) is 6.29. The number of hydrogen-bond acceptors (Lipinski definition) is 2. The first-order valence-corrected chi connectivity index (χ1v) is 6.99. The molecule has 0 aromatic carbocycles. The summed E-state index contributed by atoms with van der Waals surface area (Å²) in [6, 6.07) is 0. The lowest BCUT2D eigenvalue weighted by Crippen LogP contribution is -2.39. The van der Waals surface area contributed by atoms with Crippen LogP contribution < -0.4 is 0 Å². The minimum atomic E-state index is -0.172. The van der Waals surface area contributed by atoms with Gasteiger partial charge in [-0.25, -0.2) is 0 Å². The van der Waals surface area contributed by atoms with Crippen LogP contribution in [-0.4, -0.2) is 12.1 Å². The molecule has 2 nitrogen and oxygen atoms in total. The molecule has 2 heteroatoms. The van der Waals surface area contributed by atoms with Gasteiger partial charge in [-0.05, 0) is 37.5 Å². The maximum atomic E-state index is 12.4. The van der Waals surface area contributed by atoms with E-state index in [9.17, 15) is 4.79 Å². The Morgan fingerprint density at radius 2 is 2.29 bits per heavy atom. The minimum Gasteiger partial charge on any atom is -0.462 e. The van der Waals surface area contributed by atoms with E-state index in [1.165, 1.54) is 6.42 Å². The van der Waals surface area contributed by atoms with E-state index in [1.807, 2.05) is 0 Å². The fraction of sp³-hybridized carbons (Fsp3) is 0.800. The number of esters is 1. The Morgan fingerprint density at radius 3 is 3.00 bits per heavy atom. The first-order valence-electron chi connectivity index (χ1n) is 6.99. The molecule has 1 saturated carbocycles. The van der Waals surface area contributed by atoms with Gasteiger partial charge in [0, 0.05) is 5.92 Å². The minimum absolute atomic E-state index is 0.0900. The van der Waals surface area contributed by atoms with E-state index >= 15 is 0 Å². The Morgan fingerprint density at radius 1 is 1.53 bits per heavy atom. The first kappa shape index (κ1) is 11.3. The molecule has 3 aliphatic rings. The van der Waals surface area contributed by atoms with Gasteiger partial charge in [0.25, 0.3) is 0 Å². The quantitative estimate of drug-likeness (QED) is 0.554. The van der Waals surface area contributed by atoms with Crippen molar-refractivity contribution in [3.8, 4) is 0 Å². The summed E-state index contributed by atoms with van der Waals surface area (Å²) in [5.74, 6) is 2.18. The highest BCUT2D eigenvalue weighted by Gasteiger charge is 2.67. The normalized spacial score (nSPS) is 48.3.